The minimum absolute atomic E-state index is 0.365. The highest BCUT2D eigenvalue weighted by molar-refractivity contribution is 8.15. The van der Waals surface area contributed by atoms with Crippen molar-refractivity contribution < 1.29 is 4.79 Å². The molecule has 1 unspecified atom stereocenters. The number of carbonyl (C=O) groups is 1. The highest BCUT2D eigenvalue weighted by atomic mass is 32.2. The Labute approximate surface area is 74.1 Å². The minimum atomic E-state index is -0.377. The molecule has 0 bridgehead atoms. The summed E-state index contributed by atoms with van der Waals surface area (Å²) in [6.07, 6.45) is 2.17. The van der Waals surface area contributed by atoms with Gasteiger partial charge in [0.25, 0.3) is 5.91 Å². The Morgan fingerprint density at radius 3 is 2.83 bits per heavy atom. The van der Waals surface area contributed by atoms with E-state index in [4.69, 9.17) is 11.5 Å². The van der Waals surface area contributed by atoms with Crippen LogP contribution in [0.25, 0.3) is 0 Å². The Bertz CT molecular complexity index is 250. The van der Waals surface area contributed by atoms with Gasteiger partial charge in [0, 0.05) is 6.04 Å². The van der Waals surface area contributed by atoms with E-state index in [-0.39, 0.29) is 11.3 Å². The number of rotatable bonds is 2. The predicted molar refractivity (Wildman–Crippen MR) is 47.1 cm³/mol. The quantitative estimate of drug-likeness (QED) is 0.593. The fourth-order valence-electron chi connectivity index (χ4n) is 1.16. The van der Waals surface area contributed by atoms with Gasteiger partial charge in [0.05, 0.1) is 0 Å². The van der Waals surface area contributed by atoms with Crippen molar-refractivity contribution in [1.29, 1.82) is 0 Å². The maximum absolute atomic E-state index is 10.9. The van der Waals surface area contributed by atoms with Gasteiger partial charge in [0.15, 0.2) is 10.5 Å². The first kappa shape index (κ1) is 7.72. The smallest absolute Gasteiger partial charge is 0.252 e. The highest BCUT2D eigenvalue weighted by Gasteiger charge is 2.40. The summed E-state index contributed by atoms with van der Waals surface area (Å²) in [5.41, 5.74) is 10.7. The monoisotopic (exact) mass is 186 g/mol. The molecule has 5 nitrogen and oxygen atoms in total. The number of hydrogen-bond acceptors (Lipinski definition) is 5. The van der Waals surface area contributed by atoms with Gasteiger partial charge in [-0.25, -0.2) is 0 Å². The molecule has 1 atom stereocenters. The molecule has 1 aliphatic heterocycles. The van der Waals surface area contributed by atoms with Gasteiger partial charge in [-0.1, -0.05) is 11.8 Å². The van der Waals surface area contributed by atoms with Crippen molar-refractivity contribution >= 4 is 22.8 Å². The Kier molecular flexibility index (Phi) is 1.64. The number of nitrogens with two attached hydrogens (primary N) is 2. The Morgan fingerprint density at radius 2 is 2.33 bits per heavy atom. The number of amidine groups is 1. The molecule has 0 aromatic carbocycles. The molecule has 1 saturated carbocycles. The third-order valence-corrected chi connectivity index (χ3v) is 2.85. The van der Waals surface area contributed by atoms with Crippen LogP contribution in [0.4, 0.5) is 0 Å². The summed E-state index contributed by atoms with van der Waals surface area (Å²) >= 11 is 1.23. The van der Waals surface area contributed by atoms with E-state index in [1.165, 1.54) is 11.8 Å². The number of nitrogens with zero attached hydrogens (tertiary/aromatic N) is 2. The molecule has 66 valence electrons. The van der Waals surface area contributed by atoms with Gasteiger partial charge >= 0.3 is 0 Å². The molecule has 6 heteroatoms. The summed E-state index contributed by atoms with van der Waals surface area (Å²) in [5, 5.41) is 5.83. The van der Waals surface area contributed by atoms with Gasteiger partial charge in [0.1, 0.15) is 0 Å². The largest absolute Gasteiger partial charge is 0.377 e. The van der Waals surface area contributed by atoms with E-state index in [0.29, 0.717) is 11.2 Å². The number of amides is 1. The van der Waals surface area contributed by atoms with Crippen molar-refractivity contribution in [2.24, 2.45) is 16.6 Å². The second kappa shape index (κ2) is 2.55. The van der Waals surface area contributed by atoms with Crippen molar-refractivity contribution in [2.45, 2.75) is 24.3 Å². The number of hydrazone groups is 1. The Morgan fingerprint density at radius 1 is 1.67 bits per heavy atom. The van der Waals surface area contributed by atoms with Crippen LogP contribution >= 0.6 is 11.8 Å². The fraction of sp³-hybridized carbons (Fsp3) is 0.667. The second-order valence-corrected chi connectivity index (χ2v) is 4.02. The summed E-state index contributed by atoms with van der Waals surface area (Å²) in [5.74, 6) is -0.365. The van der Waals surface area contributed by atoms with Crippen LogP contribution in [0.2, 0.25) is 0 Å². The Hall–Kier alpha value is -0.910. The number of thioether (sulfide) groups is 1. The van der Waals surface area contributed by atoms with Crippen molar-refractivity contribution in [3.8, 4) is 0 Å². The van der Waals surface area contributed by atoms with E-state index in [2.05, 4.69) is 5.10 Å². The zero-order valence-electron chi connectivity index (χ0n) is 6.43. The lowest BCUT2D eigenvalue weighted by Gasteiger charge is -2.18. The summed E-state index contributed by atoms with van der Waals surface area (Å²) in [4.78, 5) is 10.9. The standard InChI is InChI=1S/C6H10N4OS/c7-4(11)5-10(3-1-2-3)9-6(8)12-5/h3,5H,1-2H2,(H2,7,11)(H2,8,9). The first-order valence-corrected chi connectivity index (χ1v) is 4.65. The molecular weight excluding hydrogens is 176 g/mol. The van der Waals surface area contributed by atoms with Gasteiger partial charge in [-0.05, 0) is 12.8 Å². The number of carbonyl (C=O) groups excluding carboxylic acids is 1. The average Bonchev–Trinajstić information content (AvgIpc) is 2.75. The van der Waals surface area contributed by atoms with Crippen LogP contribution < -0.4 is 11.5 Å². The maximum atomic E-state index is 10.9. The predicted octanol–water partition coefficient (Wildman–Crippen LogP) is -0.761. The SMILES string of the molecule is NC(=O)C1SC(N)=NN1C1CC1. The van der Waals surface area contributed by atoms with Crippen LogP contribution in [0.1, 0.15) is 12.8 Å². The molecule has 12 heavy (non-hydrogen) atoms. The summed E-state index contributed by atoms with van der Waals surface area (Å²) < 4.78 is 0. The van der Waals surface area contributed by atoms with E-state index < -0.39 is 0 Å². The molecule has 0 spiro atoms. The molecule has 2 rings (SSSR count). The summed E-state index contributed by atoms with van der Waals surface area (Å²) in [7, 11) is 0. The average molecular weight is 186 g/mol. The number of hydrogen-bond donors (Lipinski definition) is 2. The van der Waals surface area contributed by atoms with E-state index >= 15 is 0 Å². The van der Waals surface area contributed by atoms with E-state index in [1.807, 2.05) is 0 Å². The molecule has 1 aliphatic carbocycles. The Balaban J connectivity index is 2.11. The van der Waals surface area contributed by atoms with Crippen molar-refractivity contribution in [3.63, 3.8) is 0 Å². The summed E-state index contributed by atoms with van der Waals surface area (Å²) in [6.45, 7) is 0. The van der Waals surface area contributed by atoms with Crippen molar-refractivity contribution in [3.05, 3.63) is 0 Å². The first-order valence-electron chi connectivity index (χ1n) is 3.77. The van der Waals surface area contributed by atoms with Gasteiger partial charge in [0.2, 0.25) is 0 Å². The minimum Gasteiger partial charge on any atom is -0.377 e. The lowest BCUT2D eigenvalue weighted by Crippen LogP contribution is -2.38. The van der Waals surface area contributed by atoms with Gasteiger partial charge < -0.3 is 11.5 Å². The lowest BCUT2D eigenvalue weighted by atomic mass is 10.5. The normalized spacial score (nSPS) is 28.8. The zero-order valence-corrected chi connectivity index (χ0v) is 7.25. The molecule has 1 amide bonds. The molecule has 2 aliphatic rings. The van der Waals surface area contributed by atoms with E-state index in [1.54, 1.807) is 5.01 Å². The fourth-order valence-corrected chi connectivity index (χ4v) is 1.97. The summed E-state index contributed by atoms with van der Waals surface area (Å²) in [6, 6.07) is 0.385. The van der Waals surface area contributed by atoms with Crippen LogP contribution in [0.5, 0.6) is 0 Å². The zero-order chi connectivity index (χ0) is 8.72. The van der Waals surface area contributed by atoms with E-state index in [0.717, 1.165) is 12.8 Å². The molecular formula is C6H10N4OS. The third-order valence-electron chi connectivity index (χ3n) is 1.85. The molecule has 0 radical (unpaired) electrons. The topological polar surface area (TPSA) is 84.7 Å². The number of primary amides is 1. The van der Waals surface area contributed by atoms with Gasteiger partial charge in [-0.15, -0.1) is 0 Å². The van der Waals surface area contributed by atoms with Crippen molar-refractivity contribution in [2.75, 3.05) is 0 Å². The van der Waals surface area contributed by atoms with Crippen LogP contribution in [-0.4, -0.2) is 27.5 Å². The third kappa shape index (κ3) is 1.22. The van der Waals surface area contributed by atoms with E-state index in [9.17, 15) is 4.79 Å². The maximum Gasteiger partial charge on any atom is 0.252 e. The molecule has 1 fully saturated rings. The van der Waals surface area contributed by atoms with Crippen molar-refractivity contribution in [1.82, 2.24) is 5.01 Å². The lowest BCUT2D eigenvalue weighted by molar-refractivity contribution is -0.120. The van der Waals surface area contributed by atoms with Gasteiger partial charge in [-0.3, -0.25) is 9.80 Å². The second-order valence-electron chi connectivity index (χ2n) is 2.92. The molecule has 0 aromatic rings. The van der Waals surface area contributed by atoms with Gasteiger partial charge in [-0.2, -0.15) is 5.10 Å². The van der Waals surface area contributed by atoms with Crippen LogP contribution in [0.3, 0.4) is 0 Å². The molecule has 4 N–H and O–H groups in total. The molecule has 0 aromatic heterocycles. The van der Waals surface area contributed by atoms with Crippen LogP contribution in [0.15, 0.2) is 5.10 Å². The van der Waals surface area contributed by atoms with Crippen LogP contribution in [-0.2, 0) is 4.79 Å². The highest BCUT2D eigenvalue weighted by Crippen LogP contribution is 2.35. The van der Waals surface area contributed by atoms with Crippen LogP contribution in [0, 0.1) is 0 Å². The molecule has 0 saturated heterocycles. The molecule has 1 heterocycles. The first-order chi connectivity index (χ1) is 5.68.